The smallest absolute Gasteiger partial charge is 0.387 e. The lowest BCUT2D eigenvalue weighted by Gasteiger charge is -2.40. The Hall–Kier alpha value is -3.69. The van der Waals surface area contributed by atoms with E-state index < -0.39 is 13.2 Å². The SMILES string of the molecule is FC(F)Oc1ccc(/C=C2\CCCC3=C2N=C2SC=C(c4ccc(Cl)cc4)N2[C@H]3c2ccc(OC(F)F)cc2)cc1. The molecule has 3 aromatic carbocycles. The molecular weight excluding hydrogens is 576 g/mol. The van der Waals surface area contributed by atoms with Gasteiger partial charge in [0, 0.05) is 10.4 Å². The lowest BCUT2D eigenvalue weighted by molar-refractivity contribution is -0.0505. The lowest BCUT2D eigenvalue weighted by atomic mass is 9.82. The summed E-state index contributed by atoms with van der Waals surface area (Å²) in [5.41, 5.74) is 6.78. The third-order valence-electron chi connectivity index (χ3n) is 7.05. The van der Waals surface area contributed by atoms with Gasteiger partial charge in [-0.3, -0.25) is 0 Å². The van der Waals surface area contributed by atoms with Gasteiger partial charge in [0.15, 0.2) is 5.17 Å². The lowest BCUT2D eigenvalue weighted by Crippen LogP contribution is -2.34. The number of fused-ring (bicyclic) bond motifs is 1. The second-order valence-electron chi connectivity index (χ2n) is 9.59. The third-order valence-corrected chi connectivity index (χ3v) is 8.14. The van der Waals surface area contributed by atoms with E-state index in [4.69, 9.17) is 16.6 Å². The number of thioether (sulfide) groups is 1. The van der Waals surface area contributed by atoms with E-state index in [0.29, 0.717) is 5.02 Å². The zero-order valence-electron chi connectivity index (χ0n) is 21.4. The Bertz CT molecular complexity index is 1550. The van der Waals surface area contributed by atoms with Gasteiger partial charge in [-0.2, -0.15) is 17.6 Å². The van der Waals surface area contributed by atoms with Crippen LogP contribution in [0.15, 0.2) is 100 Å². The maximum Gasteiger partial charge on any atom is 0.387 e. The van der Waals surface area contributed by atoms with E-state index in [1.54, 1.807) is 24.3 Å². The molecule has 0 saturated carbocycles. The Balaban J connectivity index is 1.41. The molecule has 3 aromatic rings. The second kappa shape index (κ2) is 11.7. The number of hydrogen-bond donors (Lipinski definition) is 0. The molecule has 0 spiro atoms. The number of rotatable bonds is 7. The van der Waals surface area contributed by atoms with Crippen molar-refractivity contribution in [2.75, 3.05) is 0 Å². The molecule has 0 bridgehead atoms. The first-order valence-corrected chi connectivity index (χ1v) is 14.2. The topological polar surface area (TPSA) is 34.1 Å². The first-order valence-electron chi connectivity index (χ1n) is 12.9. The standard InChI is InChI=1S/C31H23ClF4N2O2S/c32-22-10-6-19(7-11-22)26-17-41-31-37-27-21(16-18-4-12-23(13-5-18)39-29(33)34)2-1-3-25(27)28(38(26)31)20-8-14-24(15-9-20)40-30(35)36/h4-17,28-30H,1-3H2/b21-16+/t28-/m0/s1. The van der Waals surface area contributed by atoms with Crippen LogP contribution in [0.25, 0.3) is 11.8 Å². The summed E-state index contributed by atoms with van der Waals surface area (Å²) < 4.78 is 59.9. The minimum absolute atomic E-state index is 0.0930. The maximum absolute atomic E-state index is 12.8. The van der Waals surface area contributed by atoms with Gasteiger partial charge in [-0.1, -0.05) is 59.8 Å². The molecule has 1 atom stereocenters. The largest absolute Gasteiger partial charge is 0.435 e. The third kappa shape index (κ3) is 5.87. The minimum atomic E-state index is -2.90. The van der Waals surface area contributed by atoms with Gasteiger partial charge in [0.05, 0.1) is 17.4 Å². The summed E-state index contributed by atoms with van der Waals surface area (Å²) in [7, 11) is 0. The van der Waals surface area contributed by atoms with Crippen LogP contribution in [-0.4, -0.2) is 23.3 Å². The minimum Gasteiger partial charge on any atom is -0.435 e. The van der Waals surface area contributed by atoms with Crippen LogP contribution in [0.5, 0.6) is 11.5 Å². The molecule has 0 saturated heterocycles. The summed E-state index contributed by atoms with van der Waals surface area (Å²) in [6.45, 7) is -5.78. The van der Waals surface area contributed by atoms with E-state index in [9.17, 15) is 17.6 Å². The van der Waals surface area contributed by atoms with Crippen molar-refractivity contribution in [3.63, 3.8) is 0 Å². The summed E-state index contributed by atoms with van der Waals surface area (Å²) in [6.07, 6.45) is 4.54. The molecule has 3 aliphatic rings. The van der Waals surface area contributed by atoms with Crippen molar-refractivity contribution in [2.45, 2.75) is 38.5 Å². The highest BCUT2D eigenvalue weighted by Crippen LogP contribution is 2.51. The van der Waals surface area contributed by atoms with E-state index >= 15 is 0 Å². The number of aliphatic imine (C=N–C) groups is 1. The van der Waals surface area contributed by atoms with Gasteiger partial charge < -0.3 is 14.4 Å². The van der Waals surface area contributed by atoms with Crippen LogP contribution in [-0.2, 0) is 0 Å². The zero-order chi connectivity index (χ0) is 28.5. The molecule has 4 nitrogen and oxygen atoms in total. The molecule has 6 rings (SSSR count). The highest BCUT2D eigenvalue weighted by Gasteiger charge is 2.40. The van der Waals surface area contributed by atoms with E-state index in [2.05, 4.69) is 19.8 Å². The summed E-state index contributed by atoms with van der Waals surface area (Å²) in [4.78, 5) is 7.31. The highest BCUT2D eigenvalue weighted by molar-refractivity contribution is 8.16. The van der Waals surface area contributed by atoms with Crippen molar-refractivity contribution in [3.05, 3.63) is 117 Å². The van der Waals surface area contributed by atoms with Gasteiger partial charge in [-0.15, -0.1) is 0 Å². The van der Waals surface area contributed by atoms with Gasteiger partial charge in [-0.25, -0.2) is 4.99 Å². The fourth-order valence-corrected chi connectivity index (χ4v) is 6.38. The van der Waals surface area contributed by atoms with Crippen LogP contribution < -0.4 is 9.47 Å². The molecule has 0 aromatic heterocycles. The Morgan fingerprint density at radius 3 is 2.12 bits per heavy atom. The monoisotopic (exact) mass is 598 g/mol. The predicted molar refractivity (Wildman–Crippen MR) is 154 cm³/mol. The van der Waals surface area contributed by atoms with E-state index in [1.165, 1.54) is 23.9 Å². The molecule has 0 amide bonds. The van der Waals surface area contributed by atoms with Gasteiger partial charge in [-0.05, 0) is 89.6 Å². The number of allylic oxidation sites excluding steroid dienone is 1. The average Bonchev–Trinajstić information content (AvgIpc) is 3.37. The number of benzene rings is 3. The van der Waals surface area contributed by atoms with Crippen molar-refractivity contribution in [2.24, 2.45) is 4.99 Å². The summed E-state index contributed by atoms with van der Waals surface area (Å²) in [5.74, 6) is 0.192. The fraction of sp³-hybridized carbons (Fsp3) is 0.194. The van der Waals surface area contributed by atoms with Gasteiger partial charge in [0.25, 0.3) is 0 Å². The first kappa shape index (κ1) is 27.5. The van der Waals surface area contributed by atoms with E-state index in [0.717, 1.165) is 63.7 Å². The van der Waals surface area contributed by atoms with Crippen molar-refractivity contribution in [1.82, 2.24) is 4.90 Å². The molecule has 0 fully saturated rings. The van der Waals surface area contributed by atoms with Gasteiger partial charge >= 0.3 is 13.2 Å². The molecule has 0 unspecified atom stereocenters. The highest BCUT2D eigenvalue weighted by atomic mass is 35.5. The normalized spacial score (nSPS) is 19.3. The quantitative estimate of drug-likeness (QED) is 0.254. The maximum atomic E-state index is 12.8. The van der Waals surface area contributed by atoms with Crippen molar-refractivity contribution < 1.29 is 27.0 Å². The van der Waals surface area contributed by atoms with Gasteiger partial charge in [0.1, 0.15) is 11.5 Å². The van der Waals surface area contributed by atoms with Crippen molar-refractivity contribution in [3.8, 4) is 11.5 Å². The van der Waals surface area contributed by atoms with Crippen LogP contribution >= 0.6 is 23.4 Å². The molecule has 2 heterocycles. The predicted octanol–water partition coefficient (Wildman–Crippen LogP) is 9.52. The molecule has 1 aliphatic carbocycles. The van der Waals surface area contributed by atoms with Crippen LogP contribution in [0.1, 0.15) is 42.0 Å². The van der Waals surface area contributed by atoms with E-state index in [1.807, 2.05) is 42.5 Å². The zero-order valence-corrected chi connectivity index (χ0v) is 23.0. The Morgan fingerprint density at radius 1 is 0.854 bits per heavy atom. The molecule has 210 valence electrons. The number of alkyl halides is 4. The number of hydrogen-bond acceptors (Lipinski definition) is 5. The van der Waals surface area contributed by atoms with Crippen molar-refractivity contribution >= 4 is 40.3 Å². The number of amidine groups is 1. The van der Waals surface area contributed by atoms with Crippen LogP contribution in [0.2, 0.25) is 5.02 Å². The van der Waals surface area contributed by atoms with Crippen LogP contribution in [0.4, 0.5) is 17.6 Å². The van der Waals surface area contributed by atoms with Crippen LogP contribution in [0.3, 0.4) is 0 Å². The summed E-state index contributed by atoms with van der Waals surface area (Å²) in [6, 6.07) is 20.7. The Morgan fingerprint density at radius 2 is 1.49 bits per heavy atom. The number of halogens is 5. The molecule has 10 heteroatoms. The molecular formula is C31H23ClF4N2O2S. The van der Waals surface area contributed by atoms with Gasteiger partial charge in [0.2, 0.25) is 0 Å². The second-order valence-corrected chi connectivity index (χ2v) is 10.9. The molecule has 0 radical (unpaired) electrons. The van der Waals surface area contributed by atoms with Crippen LogP contribution in [0, 0.1) is 0 Å². The Labute approximate surface area is 243 Å². The Kier molecular flexibility index (Phi) is 7.81. The summed E-state index contributed by atoms with van der Waals surface area (Å²) >= 11 is 7.68. The van der Waals surface area contributed by atoms with E-state index in [-0.39, 0.29) is 17.5 Å². The number of ether oxygens (including phenoxy) is 2. The number of nitrogens with zero attached hydrogens (tertiary/aromatic N) is 2. The summed E-state index contributed by atoms with van der Waals surface area (Å²) in [5, 5.41) is 3.51. The fourth-order valence-electron chi connectivity index (χ4n) is 5.33. The van der Waals surface area contributed by atoms with Crippen molar-refractivity contribution in [1.29, 1.82) is 0 Å². The molecule has 2 aliphatic heterocycles. The first-order chi connectivity index (χ1) is 19.9. The molecule has 41 heavy (non-hydrogen) atoms. The average molecular weight is 599 g/mol. The molecule has 0 N–H and O–H groups in total.